The lowest BCUT2D eigenvalue weighted by Gasteiger charge is -2.10. The minimum atomic E-state index is -0.185. The van der Waals surface area contributed by atoms with E-state index in [1.807, 2.05) is 13.8 Å². The van der Waals surface area contributed by atoms with Gasteiger partial charge in [-0.2, -0.15) is 0 Å². The van der Waals surface area contributed by atoms with E-state index in [4.69, 9.17) is 66.3 Å². The van der Waals surface area contributed by atoms with Crippen LogP contribution < -0.4 is 0 Å². The van der Waals surface area contributed by atoms with Crippen molar-refractivity contribution in [3.63, 3.8) is 0 Å². The van der Waals surface area contributed by atoms with Crippen molar-refractivity contribution in [1.82, 2.24) is 0 Å². The molecule has 0 heterocycles. The molecule has 47 heavy (non-hydrogen) atoms. The maximum absolute atomic E-state index is 11.5. The molecule has 0 aromatic rings. The molecule has 15 nitrogen and oxygen atoms in total. The fourth-order valence-electron chi connectivity index (χ4n) is 3.17. The van der Waals surface area contributed by atoms with Crippen LogP contribution in [0.25, 0.3) is 0 Å². The summed E-state index contributed by atoms with van der Waals surface area (Å²) >= 11 is 0. The van der Waals surface area contributed by atoms with E-state index in [2.05, 4.69) is 0 Å². The lowest BCUT2D eigenvalue weighted by Crippen LogP contribution is -2.18. The van der Waals surface area contributed by atoms with Gasteiger partial charge in [0.2, 0.25) is 0 Å². The van der Waals surface area contributed by atoms with Crippen LogP contribution in [0.4, 0.5) is 0 Å². The van der Waals surface area contributed by atoms with Crippen molar-refractivity contribution in [2.24, 2.45) is 5.92 Å². The first-order valence-electron chi connectivity index (χ1n) is 16.8. The van der Waals surface area contributed by atoms with Crippen molar-refractivity contribution < 1.29 is 71.1 Å². The third kappa shape index (κ3) is 39.3. The van der Waals surface area contributed by atoms with Gasteiger partial charge in [-0.05, 0) is 6.42 Å². The van der Waals surface area contributed by atoms with Crippen LogP contribution in [0, 0.1) is 5.92 Å². The van der Waals surface area contributed by atoms with E-state index >= 15 is 0 Å². The Hall–Kier alpha value is -1.05. The summed E-state index contributed by atoms with van der Waals surface area (Å²) in [5.74, 6) is -0.259. The van der Waals surface area contributed by atoms with Crippen molar-refractivity contribution in [2.45, 2.75) is 20.3 Å². The molecule has 0 bridgehead atoms. The van der Waals surface area contributed by atoms with Crippen molar-refractivity contribution >= 4 is 5.97 Å². The van der Waals surface area contributed by atoms with E-state index in [1.54, 1.807) is 7.11 Å². The zero-order valence-electron chi connectivity index (χ0n) is 29.3. The van der Waals surface area contributed by atoms with Crippen molar-refractivity contribution in [3.8, 4) is 0 Å². The van der Waals surface area contributed by atoms with E-state index in [1.165, 1.54) is 0 Å². The maximum Gasteiger partial charge on any atom is 0.308 e. The number of methoxy groups -OCH3 is 1. The monoisotopic (exact) mass is 688 g/mol. The predicted octanol–water partition coefficient (Wildman–Crippen LogP) is 1.42. The molecular formula is C32H64O15. The Morgan fingerprint density at radius 3 is 0.745 bits per heavy atom. The number of carbonyl (C=O) groups is 1. The highest BCUT2D eigenvalue weighted by atomic mass is 16.6. The van der Waals surface area contributed by atoms with E-state index < -0.39 is 0 Å². The summed E-state index contributed by atoms with van der Waals surface area (Å²) in [6, 6.07) is 0. The Kier molecular flexibility index (Phi) is 40.2. The number of esters is 1. The van der Waals surface area contributed by atoms with Gasteiger partial charge in [-0.25, -0.2) is 0 Å². The highest BCUT2D eigenvalue weighted by molar-refractivity contribution is 5.71. The van der Waals surface area contributed by atoms with Crippen molar-refractivity contribution in [2.75, 3.05) is 179 Å². The number of ether oxygens (including phenoxy) is 14. The predicted molar refractivity (Wildman–Crippen MR) is 172 cm³/mol. The molecule has 282 valence electrons. The summed E-state index contributed by atoms with van der Waals surface area (Å²) in [6.07, 6.45) is 0.770. The Labute approximate surface area is 282 Å². The average molecular weight is 689 g/mol. The molecule has 0 aliphatic rings. The molecule has 0 N–H and O–H groups in total. The third-order valence-corrected chi connectivity index (χ3v) is 6.01. The first kappa shape index (κ1) is 46.0. The van der Waals surface area contributed by atoms with Crippen LogP contribution in [0.1, 0.15) is 20.3 Å². The third-order valence-electron chi connectivity index (χ3n) is 6.01. The van der Waals surface area contributed by atoms with Crippen molar-refractivity contribution in [3.05, 3.63) is 0 Å². The molecule has 0 radical (unpaired) electrons. The van der Waals surface area contributed by atoms with Gasteiger partial charge in [0.1, 0.15) is 6.61 Å². The van der Waals surface area contributed by atoms with Gasteiger partial charge in [-0.1, -0.05) is 13.8 Å². The number of rotatable bonds is 41. The molecule has 0 rings (SSSR count). The summed E-state index contributed by atoms with van der Waals surface area (Å²) in [7, 11) is 1.64. The quantitative estimate of drug-likeness (QED) is 0.0674. The first-order chi connectivity index (χ1) is 23.2. The van der Waals surface area contributed by atoms with E-state index in [0.29, 0.717) is 165 Å². The second kappa shape index (κ2) is 41.1. The van der Waals surface area contributed by atoms with Gasteiger partial charge in [0.25, 0.3) is 0 Å². The molecule has 0 aromatic carbocycles. The normalized spacial score (nSPS) is 12.1. The van der Waals surface area contributed by atoms with E-state index in [-0.39, 0.29) is 18.5 Å². The van der Waals surface area contributed by atoms with Crippen LogP contribution in [0.5, 0.6) is 0 Å². The zero-order valence-corrected chi connectivity index (χ0v) is 29.3. The van der Waals surface area contributed by atoms with Crippen LogP contribution in [0.3, 0.4) is 0 Å². The molecule has 1 atom stereocenters. The lowest BCUT2D eigenvalue weighted by molar-refractivity contribution is -0.149. The maximum atomic E-state index is 11.5. The Bertz CT molecular complexity index is 603. The van der Waals surface area contributed by atoms with Gasteiger partial charge in [-0.15, -0.1) is 0 Å². The highest BCUT2D eigenvalue weighted by Gasteiger charge is 2.11. The minimum Gasteiger partial charge on any atom is -0.463 e. The van der Waals surface area contributed by atoms with E-state index in [0.717, 1.165) is 6.42 Å². The summed E-state index contributed by atoms with van der Waals surface area (Å²) in [4.78, 5) is 11.5. The molecule has 0 spiro atoms. The summed E-state index contributed by atoms with van der Waals surface area (Å²) < 4.78 is 75.2. The first-order valence-corrected chi connectivity index (χ1v) is 16.8. The molecule has 0 saturated carbocycles. The van der Waals surface area contributed by atoms with Crippen molar-refractivity contribution in [1.29, 1.82) is 0 Å². The number of carbonyl (C=O) groups excluding carboxylic acids is 1. The van der Waals surface area contributed by atoms with Crippen LogP contribution in [0.15, 0.2) is 0 Å². The molecule has 1 unspecified atom stereocenters. The van der Waals surface area contributed by atoms with Gasteiger partial charge in [0, 0.05) is 7.11 Å². The largest absolute Gasteiger partial charge is 0.463 e. The summed E-state index contributed by atoms with van der Waals surface area (Å²) in [5.41, 5.74) is 0. The van der Waals surface area contributed by atoms with Gasteiger partial charge >= 0.3 is 5.97 Å². The van der Waals surface area contributed by atoms with Crippen LogP contribution >= 0.6 is 0 Å². The summed E-state index contributed by atoms with van der Waals surface area (Å²) in [6.45, 7) is 16.7. The Morgan fingerprint density at radius 1 is 0.362 bits per heavy atom. The lowest BCUT2D eigenvalue weighted by atomic mass is 10.1. The number of hydrogen-bond acceptors (Lipinski definition) is 15. The average Bonchev–Trinajstić information content (AvgIpc) is 3.08. The second-order valence-electron chi connectivity index (χ2n) is 9.82. The fraction of sp³-hybridized carbons (Fsp3) is 0.969. The Morgan fingerprint density at radius 2 is 0.553 bits per heavy atom. The SMILES string of the molecule is CCC(C)C(=O)OCCOCCOCCOCCOCCOCCOCCOCCOCCOCCOCCOCCOCCOC. The fourth-order valence-corrected chi connectivity index (χ4v) is 3.17. The zero-order chi connectivity index (χ0) is 34.1. The molecule has 0 amide bonds. The van der Waals surface area contributed by atoms with Crippen LogP contribution in [-0.4, -0.2) is 185 Å². The van der Waals surface area contributed by atoms with Crippen LogP contribution in [0.2, 0.25) is 0 Å². The second-order valence-corrected chi connectivity index (χ2v) is 9.82. The highest BCUT2D eigenvalue weighted by Crippen LogP contribution is 2.02. The Balaban J connectivity index is 3.07. The van der Waals surface area contributed by atoms with Gasteiger partial charge in [0.05, 0.1) is 171 Å². The molecule has 0 aliphatic carbocycles. The number of hydrogen-bond donors (Lipinski definition) is 0. The van der Waals surface area contributed by atoms with Gasteiger partial charge < -0.3 is 66.3 Å². The molecule has 0 fully saturated rings. The molecular weight excluding hydrogens is 624 g/mol. The summed E-state index contributed by atoms with van der Waals surface area (Å²) in [5, 5.41) is 0. The topological polar surface area (TPSA) is 146 Å². The van der Waals surface area contributed by atoms with Crippen LogP contribution in [-0.2, 0) is 71.1 Å². The van der Waals surface area contributed by atoms with E-state index in [9.17, 15) is 4.79 Å². The van der Waals surface area contributed by atoms with Gasteiger partial charge in [-0.3, -0.25) is 4.79 Å². The molecule has 15 heteroatoms. The smallest absolute Gasteiger partial charge is 0.308 e. The minimum absolute atomic E-state index is 0.0745. The molecule has 0 aliphatic heterocycles. The molecule has 0 aromatic heterocycles. The standard InChI is InChI=1S/C32H64O15/c1-4-31(2)32(33)47-30-29-46-28-27-45-26-25-44-24-23-43-22-21-42-20-19-41-18-17-40-16-15-39-14-13-38-12-11-37-10-9-36-8-7-35-6-5-34-3/h31H,4-30H2,1-3H3. The van der Waals surface area contributed by atoms with Gasteiger partial charge in [0.15, 0.2) is 0 Å². The molecule has 0 saturated heterocycles.